The van der Waals surface area contributed by atoms with E-state index in [1.807, 2.05) is 0 Å². The van der Waals surface area contributed by atoms with E-state index >= 15 is 0 Å². The Balaban J connectivity index is 2.15. The molecule has 1 aliphatic rings. The zero-order valence-electron chi connectivity index (χ0n) is 11.3. The predicted octanol–water partition coefficient (Wildman–Crippen LogP) is 5.34. The highest BCUT2D eigenvalue weighted by Crippen LogP contribution is 2.40. The molecule has 2 aromatic carbocycles. The van der Waals surface area contributed by atoms with E-state index in [1.54, 1.807) is 0 Å². The first-order valence-electron chi connectivity index (χ1n) is 6.93. The quantitative estimate of drug-likeness (QED) is 0.686. The fourth-order valence-electron chi connectivity index (χ4n) is 2.81. The van der Waals surface area contributed by atoms with E-state index in [9.17, 15) is 0 Å². The van der Waals surface area contributed by atoms with Gasteiger partial charge in [0.25, 0.3) is 0 Å². The second kappa shape index (κ2) is 5.27. The summed E-state index contributed by atoms with van der Waals surface area (Å²) in [6.45, 7) is 2.24. The predicted molar refractivity (Wildman–Crippen MR) is 82.7 cm³/mol. The van der Waals surface area contributed by atoms with Crippen molar-refractivity contribution in [3.05, 3.63) is 83.4 Å². The van der Waals surface area contributed by atoms with Crippen LogP contribution in [0.3, 0.4) is 0 Å². The minimum atomic E-state index is 1.05. The van der Waals surface area contributed by atoms with Crippen LogP contribution in [0.5, 0.6) is 0 Å². The maximum atomic E-state index is 2.38. The summed E-state index contributed by atoms with van der Waals surface area (Å²) in [5.74, 6) is 0. The Morgan fingerprint density at radius 3 is 1.95 bits per heavy atom. The van der Waals surface area contributed by atoms with Crippen LogP contribution < -0.4 is 0 Å². The van der Waals surface area contributed by atoms with Crippen LogP contribution >= 0.6 is 0 Å². The topological polar surface area (TPSA) is 0 Å². The van der Waals surface area contributed by atoms with Crippen LogP contribution in [0.1, 0.15) is 30.9 Å². The number of benzene rings is 2. The molecule has 0 amide bonds. The lowest BCUT2D eigenvalue weighted by Gasteiger charge is -2.11. The van der Waals surface area contributed by atoms with Crippen LogP contribution in [0, 0.1) is 0 Å². The van der Waals surface area contributed by atoms with Crippen LogP contribution in [-0.4, -0.2) is 0 Å². The molecule has 0 fully saturated rings. The molecule has 0 nitrogen and oxygen atoms in total. The fourth-order valence-corrected chi connectivity index (χ4v) is 2.81. The molecule has 19 heavy (non-hydrogen) atoms. The van der Waals surface area contributed by atoms with Crippen molar-refractivity contribution in [2.24, 2.45) is 0 Å². The number of hydrogen-bond acceptors (Lipinski definition) is 0. The van der Waals surface area contributed by atoms with Crippen LogP contribution in [-0.2, 0) is 0 Å². The third-order valence-corrected chi connectivity index (χ3v) is 3.74. The van der Waals surface area contributed by atoms with E-state index in [4.69, 9.17) is 0 Å². The molecule has 3 rings (SSSR count). The lowest BCUT2D eigenvalue weighted by molar-refractivity contribution is 1.16. The molecule has 0 aliphatic heterocycles. The summed E-state index contributed by atoms with van der Waals surface area (Å²) < 4.78 is 0. The summed E-state index contributed by atoms with van der Waals surface area (Å²) in [5, 5.41) is 0. The third-order valence-electron chi connectivity index (χ3n) is 3.74. The Morgan fingerprint density at radius 1 is 0.789 bits per heavy atom. The van der Waals surface area contributed by atoms with Gasteiger partial charge in [0.05, 0.1) is 0 Å². The van der Waals surface area contributed by atoms with E-state index in [0.29, 0.717) is 0 Å². The molecule has 0 unspecified atom stereocenters. The highest BCUT2D eigenvalue weighted by atomic mass is 14.2. The SMILES string of the molecule is CCC1=CCC(c2ccccc2)=C1c1ccccc1. The molecule has 1 aliphatic carbocycles. The Hall–Kier alpha value is -2.08. The van der Waals surface area contributed by atoms with Crippen molar-refractivity contribution < 1.29 is 0 Å². The van der Waals surface area contributed by atoms with Gasteiger partial charge in [0.2, 0.25) is 0 Å². The number of rotatable bonds is 3. The highest BCUT2D eigenvalue weighted by molar-refractivity contribution is 6.01. The highest BCUT2D eigenvalue weighted by Gasteiger charge is 2.18. The van der Waals surface area contributed by atoms with Gasteiger partial charge in [-0.25, -0.2) is 0 Å². The summed E-state index contributed by atoms with van der Waals surface area (Å²) >= 11 is 0. The Bertz CT molecular complexity index is 616. The molecule has 0 bridgehead atoms. The minimum Gasteiger partial charge on any atom is -0.0763 e. The van der Waals surface area contributed by atoms with Crippen molar-refractivity contribution in [3.8, 4) is 0 Å². The van der Waals surface area contributed by atoms with Gasteiger partial charge >= 0.3 is 0 Å². The van der Waals surface area contributed by atoms with Crippen LogP contribution in [0.4, 0.5) is 0 Å². The second-order valence-corrected chi connectivity index (χ2v) is 4.87. The van der Waals surface area contributed by atoms with Crippen molar-refractivity contribution >= 4 is 11.1 Å². The lowest BCUT2D eigenvalue weighted by Crippen LogP contribution is -1.90. The Morgan fingerprint density at radius 2 is 1.37 bits per heavy atom. The van der Waals surface area contributed by atoms with Crippen LogP contribution in [0.15, 0.2) is 72.3 Å². The maximum absolute atomic E-state index is 2.38. The summed E-state index contributed by atoms with van der Waals surface area (Å²) in [6.07, 6.45) is 4.53. The molecule has 0 heterocycles. The van der Waals surface area contributed by atoms with Gasteiger partial charge in [0, 0.05) is 0 Å². The molecule has 2 aromatic rings. The van der Waals surface area contributed by atoms with Crippen molar-refractivity contribution in [2.75, 3.05) is 0 Å². The molecule has 0 radical (unpaired) electrons. The molecular weight excluding hydrogens is 228 g/mol. The summed E-state index contributed by atoms with van der Waals surface area (Å²) in [7, 11) is 0. The van der Waals surface area contributed by atoms with E-state index in [2.05, 4.69) is 73.7 Å². The van der Waals surface area contributed by atoms with Gasteiger partial charge in [0.15, 0.2) is 0 Å². The second-order valence-electron chi connectivity index (χ2n) is 4.87. The normalized spacial score (nSPS) is 14.7. The monoisotopic (exact) mass is 246 g/mol. The standard InChI is InChI=1S/C19H18/c1-2-15-13-14-18(16-9-5-3-6-10-16)19(15)17-11-7-4-8-12-17/h3-13H,2,14H2,1H3. The van der Waals surface area contributed by atoms with Gasteiger partial charge in [-0.15, -0.1) is 0 Å². The number of hydrogen-bond donors (Lipinski definition) is 0. The molecular formula is C19H18. The molecule has 0 aromatic heterocycles. The van der Waals surface area contributed by atoms with Crippen LogP contribution in [0.2, 0.25) is 0 Å². The van der Waals surface area contributed by atoms with Gasteiger partial charge < -0.3 is 0 Å². The van der Waals surface area contributed by atoms with Gasteiger partial charge in [0.1, 0.15) is 0 Å². The molecule has 0 saturated carbocycles. The first-order valence-corrected chi connectivity index (χ1v) is 6.93. The average molecular weight is 246 g/mol. The molecule has 0 N–H and O–H groups in total. The zero-order valence-corrected chi connectivity index (χ0v) is 11.3. The summed E-state index contributed by atoms with van der Waals surface area (Å²) in [5.41, 5.74) is 7.07. The van der Waals surface area contributed by atoms with Crippen LogP contribution in [0.25, 0.3) is 11.1 Å². The van der Waals surface area contributed by atoms with E-state index in [0.717, 1.165) is 12.8 Å². The minimum absolute atomic E-state index is 1.05. The zero-order chi connectivity index (χ0) is 13.1. The summed E-state index contributed by atoms with van der Waals surface area (Å²) in [4.78, 5) is 0. The van der Waals surface area contributed by atoms with E-state index < -0.39 is 0 Å². The lowest BCUT2D eigenvalue weighted by atomic mass is 9.93. The maximum Gasteiger partial charge on any atom is -0.00792 e. The molecule has 0 heteroatoms. The molecule has 0 saturated heterocycles. The first-order chi connectivity index (χ1) is 9.40. The molecule has 94 valence electrons. The Labute approximate surface area is 115 Å². The van der Waals surface area contributed by atoms with E-state index in [-0.39, 0.29) is 0 Å². The van der Waals surface area contributed by atoms with Crippen molar-refractivity contribution in [3.63, 3.8) is 0 Å². The molecule has 0 atom stereocenters. The number of allylic oxidation sites excluding steroid dienone is 4. The smallest absolute Gasteiger partial charge is 0.00792 e. The van der Waals surface area contributed by atoms with Crippen molar-refractivity contribution in [1.82, 2.24) is 0 Å². The van der Waals surface area contributed by atoms with Gasteiger partial charge in [-0.05, 0) is 40.7 Å². The average Bonchev–Trinajstić information content (AvgIpc) is 2.93. The Kier molecular flexibility index (Phi) is 3.33. The molecule has 0 spiro atoms. The van der Waals surface area contributed by atoms with Crippen molar-refractivity contribution in [1.29, 1.82) is 0 Å². The largest absolute Gasteiger partial charge is 0.0763 e. The van der Waals surface area contributed by atoms with Crippen molar-refractivity contribution in [2.45, 2.75) is 19.8 Å². The summed E-state index contributed by atoms with van der Waals surface area (Å²) in [6, 6.07) is 21.5. The van der Waals surface area contributed by atoms with Gasteiger partial charge in [-0.1, -0.05) is 73.7 Å². The van der Waals surface area contributed by atoms with Gasteiger partial charge in [-0.3, -0.25) is 0 Å². The first kappa shape index (κ1) is 12.0. The third kappa shape index (κ3) is 2.26. The fraction of sp³-hybridized carbons (Fsp3) is 0.158. The van der Waals surface area contributed by atoms with Gasteiger partial charge in [-0.2, -0.15) is 0 Å². The van der Waals surface area contributed by atoms with E-state index in [1.165, 1.54) is 27.8 Å².